The highest BCUT2D eigenvalue weighted by molar-refractivity contribution is 5.92. The van der Waals surface area contributed by atoms with Crippen molar-refractivity contribution in [3.8, 4) is 28.5 Å². The van der Waals surface area contributed by atoms with E-state index < -0.39 is 0 Å². The number of amides is 1. The van der Waals surface area contributed by atoms with E-state index in [1.165, 1.54) is 0 Å². The van der Waals surface area contributed by atoms with Crippen LogP contribution in [-0.4, -0.2) is 18.0 Å². The lowest BCUT2D eigenvalue weighted by molar-refractivity contribution is -0.115. The maximum atomic E-state index is 12.3. The van der Waals surface area contributed by atoms with E-state index in [0.717, 1.165) is 33.8 Å². The molecule has 1 heterocycles. The molecule has 1 aromatic heterocycles. The zero-order valence-electron chi connectivity index (χ0n) is 16.0. The van der Waals surface area contributed by atoms with Crippen LogP contribution in [0.3, 0.4) is 0 Å². The number of carbonyl (C=O) groups is 1. The average molecular weight is 384 g/mol. The molecule has 5 nitrogen and oxygen atoms in total. The van der Waals surface area contributed by atoms with Crippen molar-refractivity contribution < 1.29 is 13.9 Å². The third kappa shape index (κ3) is 4.52. The molecule has 0 bridgehead atoms. The Morgan fingerprint density at radius 1 is 0.931 bits per heavy atom. The first-order valence-electron chi connectivity index (χ1n) is 9.25. The minimum Gasteiger partial charge on any atom is -0.497 e. The molecular weight excluding hydrogens is 364 g/mol. The quantitative estimate of drug-likeness (QED) is 0.496. The predicted octanol–water partition coefficient (Wildman–Crippen LogP) is 5.20. The summed E-state index contributed by atoms with van der Waals surface area (Å²) in [6.07, 6.45) is 1.95. The molecule has 0 atom stereocenters. The molecule has 0 saturated carbocycles. The number of oxazole rings is 1. The molecule has 144 valence electrons. The minimum absolute atomic E-state index is 0.0783. The van der Waals surface area contributed by atoms with Gasteiger partial charge in [0, 0.05) is 16.8 Å². The van der Waals surface area contributed by atoms with E-state index in [4.69, 9.17) is 9.15 Å². The van der Waals surface area contributed by atoms with E-state index in [2.05, 4.69) is 10.3 Å². The van der Waals surface area contributed by atoms with Crippen molar-refractivity contribution in [3.05, 3.63) is 90.7 Å². The number of benzene rings is 3. The molecule has 0 aliphatic rings. The Morgan fingerprint density at radius 3 is 2.34 bits per heavy atom. The number of hydrogen-bond donors (Lipinski definition) is 1. The van der Waals surface area contributed by atoms with Gasteiger partial charge in [-0.3, -0.25) is 4.79 Å². The van der Waals surface area contributed by atoms with Gasteiger partial charge in [-0.15, -0.1) is 0 Å². The summed E-state index contributed by atoms with van der Waals surface area (Å²) in [6.45, 7) is 0. The number of anilines is 1. The van der Waals surface area contributed by atoms with Gasteiger partial charge in [0.2, 0.25) is 11.8 Å². The van der Waals surface area contributed by atoms with Gasteiger partial charge in [-0.25, -0.2) is 4.98 Å². The third-order valence-electron chi connectivity index (χ3n) is 4.51. The van der Waals surface area contributed by atoms with E-state index in [1.54, 1.807) is 13.4 Å². The van der Waals surface area contributed by atoms with E-state index in [-0.39, 0.29) is 5.91 Å². The fraction of sp³-hybridized carbons (Fsp3) is 0.0833. The van der Waals surface area contributed by atoms with Crippen LogP contribution >= 0.6 is 0 Å². The van der Waals surface area contributed by atoms with Gasteiger partial charge in [0.1, 0.15) is 17.7 Å². The molecule has 0 fully saturated rings. The first-order chi connectivity index (χ1) is 14.2. The normalized spacial score (nSPS) is 10.5. The summed E-state index contributed by atoms with van der Waals surface area (Å²) in [5.41, 5.74) is 4.29. The Kier molecular flexibility index (Phi) is 5.38. The van der Waals surface area contributed by atoms with Crippen LogP contribution in [0, 0.1) is 0 Å². The fourth-order valence-corrected chi connectivity index (χ4v) is 2.98. The van der Waals surface area contributed by atoms with Crippen molar-refractivity contribution in [2.24, 2.45) is 0 Å². The number of methoxy groups -OCH3 is 1. The lowest BCUT2D eigenvalue weighted by Gasteiger charge is -2.06. The molecule has 0 unspecified atom stereocenters. The Balaban J connectivity index is 1.40. The van der Waals surface area contributed by atoms with E-state index >= 15 is 0 Å². The summed E-state index contributed by atoms with van der Waals surface area (Å²) in [6, 6.07) is 24.8. The highest BCUT2D eigenvalue weighted by Gasteiger charge is 2.09. The predicted molar refractivity (Wildman–Crippen MR) is 113 cm³/mol. The molecule has 4 rings (SSSR count). The van der Waals surface area contributed by atoms with Gasteiger partial charge in [-0.05, 0) is 42.0 Å². The van der Waals surface area contributed by atoms with Crippen molar-refractivity contribution in [1.29, 1.82) is 0 Å². The monoisotopic (exact) mass is 384 g/mol. The summed E-state index contributed by atoms with van der Waals surface area (Å²) in [4.78, 5) is 16.8. The van der Waals surface area contributed by atoms with Crippen molar-refractivity contribution in [1.82, 2.24) is 4.98 Å². The van der Waals surface area contributed by atoms with Gasteiger partial charge in [0.15, 0.2) is 0 Å². The Bertz CT molecular complexity index is 1090. The maximum Gasteiger partial charge on any atom is 0.228 e. The first kappa shape index (κ1) is 18.5. The topological polar surface area (TPSA) is 64.4 Å². The fourth-order valence-electron chi connectivity index (χ4n) is 2.98. The van der Waals surface area contributed by atoms with Gasteiger partial charge in [-0.1, -0.05) is 42.5 Å². The number of ether oxygens (including phenoxy) is 1. The molecule has 0 saturated heterocycles. The second kappa shape index (κ2) is 8.44. The van der Waals surface area contributed by atoms with Crippen molar-refractivity contribution in [2.75, 3.05) is 12.4 Å². The molecule has 1 N–H and O–H groups in total. The highest BCUT2D eigenvalue weighted by atomic mass is 16.5. The van der Waals surface area contributed by atoms with Crippen LogP contribution in [0.2, 0.25) is 0 Å². The molecule has 3 aromatic carbocycles. The van der Waals surface area contributed by atoms with Crippen LogP contribution < -0.4 is 10.1 Å². The number of nitrogens with zero attached hydrogens (tertiary/aromatic N) is 1. The lowest BCUT2D eigenvalue weighted by Crippen LogP contribution is -2.14. The molecule has 4 aromatic rings. The van der Waals surface area contributed by atoms with Crippen molar-refractivity contribution >= 4 is 11.6 Å². The Morgan fingerprint density at radius 2 is 1.66 bits per heavy atom. The zero-order valence-corrected chi connectivity index (χ0v) is 16.0. The van der Waals surface area contributed by atoms with Crippen LogP contribution in [0.5, 0.6) is 5.75 Å². The highest BCUT2D eigenvalue weighted by Crippen LogP contribution is 2.25. The largest absolute Gasteiger partial charge is 0.497 e. The lowest BCUT2D eigenvalue weighted by atomic mass is 10.1. The SMILES string of the molecule is COc1ccc(CC(=O)Nc2ccc(-c3nc(-c4ccccc4)co3)cc2)cc1. The van der Waals surface area contributed by atoms with Gasteiger partial charge in [0.05, 0.1) is 13.5 Å². The number of carbonyl (C=O) groups excluding carboxylic acids is 1. The summed E-state index contributed by atoms with van der Waals surface area (Å²) < 4.78 is 10.7. The standard InChI is InChI=1S/C24H20N2O3/c1-28-21-13-7-17(8-14-21)15-23(27)25-20-11-9-19(10-12-20)24-26-22(16-29-24)18-5-3-2-4-6-18/h2-14,16H,15H2,1H3,(H,25,27). The van der Waals surface area contributed by atoms with E-state index in [0.29, 0.717) is 12.3 Å². The van der Waals surface area contributed by atoms with Crippen LogP contribution in [0.25, 0.3) is 22.7 Å². The number of hydrogen-bond acceptors (Lipinski definition) is 4. The molecule has 0 radical (unpaired) electrons. The molecule has 0 spiro atoms. The Hall–Kier alpha value is -3.86. The van der Waals surface area contributed by atoms with Crippen LogP contribution in [-0.2, 0) is 11.2 Å². The second-order valence-electron chi connectivity index (χ2n) is 6.55. The summed E-state index contributed by atoms with van der Waals surface area (Å²) in [5.74, 6) is 1.23. The maximum absolute atomic E-state index is 12.3. The van der Waals surface area contributed by atoms with Crippen LogP contribution in [0.1, 0.15) is 5.56 Å². The van der Waals surface area contributed by atoms with E-state index in [9.17, 15) is 4.79 Å². The number of aromatic nitrogens is 1. The average Bonchev–Trinajstić information content (AvgIpc) is 3.26. The van der Waals surface area contributed by atoms with Gasteiger partial charge < -0.3 is 14.5 Å². The van der Waals surface area contributed by atoms with Gasteiger partial charge in [-0.2, -0.15) is 0 Å². The summed E-state index contributed by atoms with van der Waals surface area (Å²) in [5, 5.41) is 2.91. The van der Waals surface area contributed by atoms with E-state index in [1.807, 2.05) is 78.9 Å². The smallest absolute Gasteiger partial charge is 0.228 e. The van der Waals surface area contributed by atoms with Gasteiger partial charge >= 0.3 is 0 Å². The van der Waals surface area contributed by atoms with Crippen molar-refractivity contribution in [3.63, 3.8) is 0 Å². The first-order valence-corrected chi connectivity index (χ1v) is 9.25. The van der Waals surface area contributed by atoms with Crippen molar-refractivity contribution in [2.45, 2.75) is 6.42 Å². The van der Waals surface area contributed by atoms with Crippen LogP contribution in [0.4, 0.5) is 5.69 Å². The van der Waals surface area contributed by atoms with Gasteiger partial charge in [0.25, 0.3) is 0 Å². The van der Waals surface area contributed by atoms with Crippen LogP contribution in [0.15, 0.2) is 89.5 Å². The number of nitrogens with one attached hydrogen (secondary N) is 1. The molecule has 0 aliphatic carbocycles. The molecular formula is C24H20N2O3. The zero-order chi connectivity index (χ0) is 20.1. The minimum atomic E-state index is -0.0783. The second-order valence-corrected chi connectivity index (χ2v) is 6.55. The summed E-state index contributed by atoms with van der Waals surface area (Å²) >= 11 is 0. The molecule has 0 aliphatic heterocycles. The molecule has 29 heavy (non-hydrogen) atoms. The molecule has 5 heteroatoms. The molecule has 1 amide bonds. The number of rotatable bonds is 6. The summed E-state index contributed by atoms with van der Waals surface area (Å²) in [7, 11) is 1.62. The third-order valence-corrected chi connectivity index (χ3v) is 4.51. The Labute approximate surface area is 169 Å².